The molecule has 6 nitrogen and oxygen atoms in total. The van der Waals surface area contributed by atoms with Crippen LogP contribution < -0.4 is 11.0 Å². The number of para-hydroxylation sites is 1. The van der Waals surface area contributed by atoms with Crippen LogP contribution in [-0.2, 0) is 0 Å². The molecule has 3 rings (SSSR count). The van der Waals surface area contributed by atoms with Crippen molar-refractivity contribution < 1.29 is 4.79 Å². The minimum Gasteiger partial charge on any atom is -0.302 e. The minimum absolute atomic E-state index is 0.106. The van der Waals surface area contributed by atoms with Crippen molar-refractivity contribution in [2.24, 2.45) is 5.10 Å². The molecule has 2 aromatic carbocycles. The van der Waals surface area contributed by atoms with Crippen molar-refractivity contribution in [3.63, 3.8) is 0 Å². The molecule has 3 aromatic rings. The van der Waals surface area contributed by atoms with E-state index in [0.717, 1.165) is 0 Å². The largest absolute Gasteiger partial charge is 0.307 e. The van der Waals surface area contributed by atoms with Gasteiger partial charge in [-0.2, -0.15) is 5.10 Å². The fourth-order valence-corrected chi connectivity index (χ4v) is 2.17. The van der Waals surface area contributed by atoms with E-state index in [9.17, 15) is 9.59 Å². The van der Waals surface area contributed by atoms with Gasteiger partial charge in [0.25, 0.3) is 5.56 Å². The van der Waals surface area contributed by atoms with Gasteiger partial charge in [-0.1, -0.05) is 41.9 Å². The number of hydrazone groups is 1. The Hall–Kier alpha value is -2.99. The number of aromatic nitrogens is 2. The van der Waals surface area contributed by atoms with E-state index in [1.165, 1.54) is 6.21 Å². The first-order valence-corrected chi connectivity index (χ1v) is 7.10. The maximum atomic E-state index is 12.0. The molecule has 2 N–H and O–H groups in total. The van der Waals surface area contributed by atoms with Gasteiger partial charge in [-0.3, -0.25) is 9.59 Å². The van der Waals surface area contributed by atoms with Crippen molar-refractivity contribution in [1.29, 1.82) is 0 Å². The predicted molar refractivity (Wildman–Crippen MR) is 88.9 cm³/mol. The Morgan fingerprint density at radius 1 is 1.17 bits per heavy atom. The van der Waals surface area contributed by atoms with Gasteiger partial charge in [0.05, 0.1) is 17.1 Å². The first-order valence-electron chi connectivity index (χ1n) is 6.72. The van der Waals surface area contributed by atoms with Crippen LogP contribution in [-0.4, -0.2) is 22.1 Å². The first kappa shape index (κ1) is 14.9. The van der Waals surface area contributed by atoms with Crippen LogP contribution in [0.3, 0.4) is 0 Å². The minimum atomic E-state index is -0.615. The third kappa shape index (κ3) is 3.27. The van der Waals surface area contributed by atoms with Gasteiger partial charge in [0.15, 0.2) is 0 Å². The van der Waals surface area contributed by atoms with Crippen molar-refractivity contribution in [3.05, 3.63) is 75.3 Å². The van der Waals surface area contributed by atoms with Crippen LogP contribution in [0.1, 0.15) is 16.2 Å². The number of H-pyrrole nitrogens is 1. The zero-order chi connectivity index (χ0) is 16.2. The average molecular weight is 327 g/mol. The van der Waals surface area contributed by atoms with Gasteiger partial charge in [-0.15, -0.1) is 0 Å². The number of aromatic amines is 1. The van der Waals surface area contributed by atoms with Crippen LogP contribution in [0.4, 0.5) is 0 Å². The van der Waals surface area contributed by atoms with Gasteiger partial charge in [0.1, 0.15) is 0 Å². The van der Waals surface area contributed by atoms with Gasteiger partial charge in [-0.05, 0) is 18.2 Å². The number of benzene rings is 2. The van der Waals surface area contributed by atoms with Gasteiger partial charge < -0.3 is 4.98 Å². The molecule has 0 saturated heterocycles. The summed E-state index contributed by atoms with van der Waals surface area (Å²) >= 11 is 5.98. The topological polar surface area (TPSA) is 87.2 Å². The fraction of sp³-hybridized carbons (Fsp3) is 0. The molecule has 0 unspecified atom stereocenters. The molecule has 23 heavy (non-hydrogen) atoms. The molecule has 0 bridgehead atoms. The lowest BCUT2D eigenvalue weighted by atomic mass is 10.2. The van der Waals surface area contributed by atoms with E-state index in [2.05, 4.69) is 20.5 Å². The molecule has 0 radical (unpaired) electrons. The number of rotatable bonds is 3. The van der Waals surface area contributed by atoms with E-state index in [4.69, 9.17) is 11.6 Å². The lowest BCUT2D eigenvalue weighted by Crippen LogP contribution is -2.24. The zero-order valence-electron chi connectivity index (χ0n) is 11.8. The SMILES string of the molecule is O=C(N/N=C\c1ccccc1Cl)c1nc2ccccc2c(=O)[nH]1. The summed E-state index contributed by atoms with van der Waals surface area (Å²) in [7, 11) is 0. The smallest absolute Gasteiger partial charge is 0.302 e. The number of carbonyl (C=O) groups is 1. The molecule has 0 aliphatic heterocycles. The summed E-state index contributed by atoms with van der Waals surface area (Å²) in [4.78, 5) is 30.5. The second kappa shape index (κ2) is 6.41. The van der Waals surface area contributed by atoms with E-state index in [1.807, 2.05) is 0 Å². The van der Waals surface area contributed by atoms with E-state index in [-0.39, 0.29) is 11.4 Å². The maximum absolute atomic E-state index is 12.0. The van der Waals surface area contributed by atoms with Gasteiger partial charge in [0.2, 0.25) is 5.82 Å². The molecular formula is C16H11ClN4O2. The van der Waals surface area contributed by atoms with Crippen LogP contribution in [0, 0.1) is 0 Å². The van der Waals surface area contributed by atoms with Crippen molar-refractivity contribution in [3.8, 4) is 0 Å². The van der Waals surface area contributed by atoms with Crippen LogP contribution in [0.25, 0.3) is 10.9 Å². The van der Waals surface area contributed by atoms with Gasteiger partial charge in [-0.25, -0.2) is 10.4 Å². The van der Waals surface area contributed by atoms with E-state index < -0.39 is 5.91 Å². The molecule has 0 spiro atoms. The molecule has 7 heteroatoms. The molecule has 1 amide bonds. The molecule has 114 valence electrons. The normalized spacial score (nSPS) is 11.0. The molecule has 0 saturated carbocycles. The molecular weight excluding hydrogens is 316 g/mol. The van der Waals surface area contributed by atoms with E-state index in [1.54, 1.807) is 48.5 Å². The second-order valence-electron chi connectivity index (χ2n) is 4.65. The predicted octanol–water partition coefficient (Wildman–Crippen LogP) is 2.34. The van der Waals surface area contributed by atoms with Crippen molar-refractivity contribution in [2.75, 3.05) is 0 Å². The Balaban J connectivity index is 1.81. The van der Waals surface area contributed by atoms with Crippen LogP contribution in [0.15, 0.2) is 58.4 Å². The highest BCUT2D eigenvalue weighted by Crippen LogP contribution is 2.12. The lowest BCUT2D eigenvalue weighted by molar-refractivity contribution is 0.0945. The van der Waals surface area contributed by atoms with Gasteiger partial charge >= 0.3 is 5.91 Å². The third-order valence-corrected chi connectivity index (χ3v) is 3.45. The Labute approximate surface area is 135 Å². The van der Waals surface area contributed by atoms with E-state index in [0.29, 0.717) is 21.5 Å². The number of fused-ring (bicyclic) bond motifs is 1. The summed E-state index contributed by atoms with van der Waals surface area (Å²) in [6.45, 7) is 0. The Morgan fingerprint density at radius 3 is 2.74 bits per heavy atom. The Morgan fingerprint density at radius 2 is 1.91 bits per heavy atom. The Kier molecular flexibility index (Phi) is 4.16. The first-order chi connectivity index (χ1) is 11.1. The lowest BCUT2D eigenvalue weighted by Gasteiger charge is -2.01. The number of nitrogens with one attached hydrogen (secondary N) is 2. The summed E-state index contributed by atoms with van der Waals surface area (Å²) in [6.07, 6.45) is 1.42. The molecule has 0 aliphatic rings. The van der Waals surface area contributed by atoms with Crippen molar-refractivity contribution in [1.82, 2.24) is 15.4 Å². The summed E-state index contributed by atoms with van der Waals surface area (Å²) in [5, 5.41) is 4.75. The Bertz CT molecular complexity index is 965. The summed E-state index contributed by atoms with van der Waals surface area (Å²) in [6, 6.07) is 13.8. The van der Waals surface area contributed by atoms with Crippen molar-refractivity contribution in [2.45, 2.75) is 0 Å². The molecule has 1 aromatic heterocycles. The average Bonchev–Trinajstić information content (AvgIpc) is 2.56. The number of halogens is 1. The quantitative estimate of drug-likeness (QED) is 0.572. The molecule has 0 atom stereocenters. The van der Waals surface area contributed by atoms with Crippen LogP contribution >= 0.6 is 11.6 Å². The highest BCUT2D eigenvalue weighted by Gasteiger charge is 2.10. The van der Waals surface area contributed by atoms with Crippen LogP contribution in [0.2, 0.25) is 5.02 Å². The third-order valence-electron chi connectivity index (χ3n) is 3.10. The second-order valence-corrected chi connectivity index (χ2v) is 5.06. The highest BCUT2D eigenvalue weighted by atomic mass is 35.5. The fourth-order valence-electron chi connectivity index (χ4n) is 1.99. The highest BCUT2D eigenvalue weighted by molar-refractivity contribution is 6.33. The number of carbonyl (C=O) groups excluding carboxylic acids is 1. The molecule has 1 heterocycles. The molecule has 0 fully saturated rings. The van der Waals surface area contributed by atoms with Crippen molar-refractivity contribution >= 4 is 34.6 Å². The number of hydrogen-bond donors (Lipinski definition) is 2. The summed E-state index contributed by atoms with van der Waals surface area (Å²) in [5.41, 5.74) is 3.03. The van der Waals surface area contributed by atoms with E-state index >= 15 is 0 Å². The maximum Gasteiger partial charge on any atom is 0.307 e. The summed E-state index contributed by atoms with van der Waals surface area (Å²) in [5.74, 6) is -0.721. The standard InChI is InChI=1S/C16H11ClN4O2/c17-12-7-3-1-5-10(12)9-18-21-16(23)14-19-13-8-4-2-6-11(13)15(22)20-14/h1-9H,(H,21,23)(H,19,20,22)/b18-9-. The van der Waals surface area contributed by atoms with Gasteiger partial charge in [0, 0.05) is 10.6 Å². The number of amides is 1. The monoisotopic (exact) mass is 326 g/mol. The number of hydrogen-bond acceptors (Lipinski definition) is 4. The summed E-state index contributed by atoms with van der Waals surface area (Å²) < 4.78 is 0. The number of nitrogens with zero attached hydrogens (tertiary/aromatic N) is 2. The van der Waals surface area contributed by atoms with Crippen LogP contribution in [0.5, 0.6) is 0 Å². The zero-order valence-corrected chi connectivity index (χ0v) is 12.5. The molecule has 0 aliphatic carbocycles.